The van der Waals surface area contributed by atoms with Gasteiger partial charge in [0.15, 0.2) is 0 Å². The molecule has 0 aromatic carbocycles. The zero-order chi connectivity index (χ0) is 9.68. The van der Waals surface area contributed by atoms with Crippen molar-refractivity contribution in [1.82, 2.24) is 5.32 Å². The first-order valence-electron chi connectivity index (χ1n) is 5.38. The monoisotopic (exact) mass is 186 g/mol. The zero-order valence-electron chi connectivity index (χ0n) is 8.50. The number of hydrogen-bond donors (Lipinski definition) is 3. The van der Waals surface area contributed by atoms with E-state index >= 15 is 0 Å². The Morgan fingerprint density at radius 3 is 2.85 bits per heavy atom. The number of aliphatic hydroxyl groups is 1. The summed E-state index contributed by atoms with van der Waals surface area (Å²) in [4.78, 5) is 0. The Morgan fingerprint density at radius 1 is 1.54 bits per heavy atom. The van der Waals surface area contributed by atoms with Gasteiger partial charge in [0.2, 0.25) is 0 Å². The van der Waals surface area contributed by atoms with E-state index in [0.717, 1.165) is 13.0 Å². The van der Waals surface area contributed by atoms with E-state index in [2.05, 4.69) is 12.2 Å². The summed E-state index contributed by atoms with van der Waals surface area (Å²) in [6, 6.07) is 0.805. The molecule has 1 saturated carbocycles. The van der Waals surface area contributed by atoms with Gasteiger partial charge in [-0.15, -0.1) is 0 Å². The molecule has 0 radical (unpaired) electrons. The minimum absolute atomic E-state index is 0.240. The van der Waals surface area contributed by atoms with Gasteiger partial charge < -0.3 is 16.2 Å². The second-order valence-corrected chi connectivity index (χ2v) is 3.99. The van der Waals surface area contributed by atoms with E-state index in [1.165, 1.54) is 19.3 Å². The predicted octanol–water partition coefficient (Wildman–Crippen LogP) is 0.474. The maximum atomic E-state index is 9.05. The molecule has 3 nitrogen and oxygen atoms in total. The van der Waals surface area contributed by atoms with E-state index in [9.17, 15) is 0 Å². The lowest BCUT2D eigenvalue weighted by molar-refractivity contribution is 0.218. The summed E-state index contributed by atoms with van der Waals surface area (Å²) < 4.78 is 0. The van der Waals surface area contributed by atoms with E-state index in [4.69, 9.17) is 10.8 Å². The molecule has 0 aromatic rings. The van der Waals surface area contributed by atoms with Gasteiger partial charge in [0.05, 0.1) is 6.61 Å². The molecule has 0 bridgehead atoms. The summed E-state index contributed by atoms with van der Waals surface area (Å²) in [5, 5.41) is 12.5. The standard InChI is InChI=1S/C10H22N2O/c1-2-9(7-13)12-10-5-3-4-8(10)6-11/h8-10,12-13H,2-7,11H2,1H3/t8?,9-,10?/m0/s1. The van der Waals surface area contributed by atoms with Crippen molar-refractivity contribution in [2.75, 3.05) is 13.2 Å². The molecular formula is C10H22N2O. The molecule has 1 rings (SSSR count). The summed E-state index contributed by atoms with van der Waals surface area (Å²) in [7, 11) is 0. The normalized spacial score (nSPS) is 30.7. The van der Waals surface area contributed by atoms with Crippen molar-refractivity contribution in [3.63, 3.8) is 0 Å². The molecule has 13 heavy (non-hydrogen) atoms. The molecule has 3 heteroatoms. The van der Waals surface area contributed by atoms with E-state index in [0.29, 0.717) is 12.0 Å². The van der Waals surface area contributed by atoms with Gasteiger partial charge in [0.1, 0.15) is 0 Å². The lowest BCUT2D eigenvalue weighted by atomic mass is 10.0. The lowest BCUT2D eigenvalue weighted by Gasteiger charge is -2.24. The smallest absolute Gasteiger partial charge is 0.0584 e. The van der Waals surface area contributed by atoms with Gasteiger partial charge >= 0.3 is 0 Å². The van der Waals surface area contributed by atoms with Crippen molar-refractivity contribution in [3.05, 3.63) is 0 Å². The van der Waals surface area contributed by atoms with Gasteiger partial charge in [-0.2, -0.15) is 0 Å². The van der Waals surface area contributed by atoms with E-state index in [-0.39, 0.29) is 12.6 Å². The molecule has 1 aliphatic carbocycles. The largest absolute Gasteiger partial charge is 0.395 e. The predicted molar refractivity (Wildman–Crippen MR) is 54.5 cm³/mol. The first-order chi connectivity index (χ1) is 6.31. The Labute approximate surface area is 80.7 Å². The molecule has 1 fully saturated rings. The molecular weight excluding hydrogens is 164 g/mol. The first-order valence-corrected chi connectivity index (χ1v) is 5.38. The van der Waals surface area contributed by atoms with Gasteiger partial charge in [-0.25, -0.2) is 0 Å². The van der Waals surface area contributed by atoms with Crippen LogP contribution < -0.4 is 11.1 Å². The molecule has 0 spiro atoms. The Bertz CT molecular complexity index is 137. The van der Waals surface area contributed by atoms with Gasteiger partial charge in [-0.3, -0.25) is 0 Å². The molecule has 0 aliphatic heterocycles. The van der Waals surface area contributed by atoms with Crippen molar-refractivity contribution in [2.45, 2.75) is 44.7 Å². The molecule has 3 atom stereocenters. The first kappa shape index (κ1) is 11.0. The lowest BCUT2D eigenvalue weighted by Crippen LogP contribution is -2.43. The molecule has 4 N–H and O–H groups in total. The van der Waals surface area contributed by atoms with Crippen LogP contribution in [0.15, 0.2) is 0 Å². The minimum Gasteiger partial charge on any atom is -0.395 e. The van der Waals surface area contributed by atoms with Crippen LogP contribution in [0.25, 0.3) is 0 Å². The fourth-order valence-electron chi connectivity index (χ4n) is 2.14. The highest BCUT2D eigenvalue weighted by molar-refractivity contribution is 4.85. The summed E-state index contributed by atoms with van der Waals surface area (Å²) in [5.74, 6) is 0.626. The quantitative estimate of drug-likeness (QED) is 0.585. The Hall–Kier alpha value is -0.120. The highest BCUT2D eigenvalue weighted by atomic mass is 16.3. The number of aliphatic hydroxyl groups excluding tert-OH is 1. The fraction of sp³-hybridized carbons (Fsp3) is 1.00. The van der Waals surface area contributed by atoms with Crippen LogP contribution in [0.3, 0.4) is 0 Å². The highest BCUT2D eigenvalue weighted by Gasteiger charge is 2.26. The maximum absolute atomic E-state index is 9.05. The highest BCUT2D eigenvalue weighted by Crippen LogP contribution is 2.25. The van der Waals surface area contributed by atoms with Crippen LogP contribution in [0.5, 0.6) is 0 Å². The van der Waals surface area contributed by atoms with Crippen molar-refractivity contribution in [3.8, 4) is 0 Å². The van der Waals surface area contributed by atoms with E-state index in [1.54, 1.807) is 0 Å². The average molecular weight is 186 g/mol. The van der Waals surface area contributed by atoms with Crippen molar-refractivity contribution in [1.29, 1.82) is 0 Å². The van der Waals surface area contributed by atoms with Crippen molar-refractivity contribution < 1.29 is 5.11 Å². The van der Waals surface area contributed by atoms with Crippen LogP contribution >= 0.6 is 0 Å². The topological polar surface area (TPSA) is 58.3 Å². The minimum atomic E-state index is 0.240. The third-order valence-electron chi connectivity index (χ3n) is 3.12. The third kappa shape index (κ3) is 2.93. The number of nitrogens with two attached hydrogens (primary N) is 1. The number of hydrogen-bond acceptors (Lipinski definition) is 3. The third-order valence-corrected chi connectivity index (χ3v) is 3.12. The molecule has 0 saturated heterocycles. The zero-order valence-corrected chi connectivity index (χ0v) is 8.50. The van der Waals surface area contributed by atoms with Gasteiger partial charge in [0, 0.05) is 12.1 Å². The van der Waals surface area contributed by atoms with Crippen LogP contribution in [0.2, 0.25) is 0 Å². The molecule has 1 aliphatic rings. The van der Waals surface area contributed by atoms with Gasteiger partial charge in [0.25, 0.3) is 0 Å². The molecule has 0 heterocycles. The van der Waals surface area contributed by atoms with Crippen LogP contribution in [0.1, 0.15) is 32.6 Å². The van der Waals surface area contributed by atoms with Crippen LogP contribution in [-0.2, 0) is 0 Å². The van der Waals surface area contributed by atoms with E-state index < -0.39 is 0 Å². The molecule has 0 aromatic heterocycles. The van der Waals surface area contributed by atoms with Crippen LogP contribution in [-0.4, -0.2) is 30.3 Å². The van der Waals surface area contributed by atoms with Gasteiger partial charge in [-0.05, 0) is 31.7 Å². The summed E-state index contributed by atoms with van der Waals surface area (Å²) in [5.41, 5.74) is 5.68. The Morgan fingerprint density at radius 2 is 2.31 bits per heavy atom. The second-order valence-electron chi connectivity index (χ2n) is 3.99. The van der Waals surface area contributed by atoms with Crippen molar-refractivity contribution in [2.24, 2.45) is 11.7 Å². The molecule has 78 valence electrons. The maximum Gasteiger partial charge on any atom is 0.0584 e. The van der Waals surface area contributed by atoms with E-state index in [1.807, 2.05) is 0 Å². The molecule has 2 unspecified atom stereocenters. The average Bonchev–Trinajstić information content (AvgIpc) is 2.61. The summed E-state index contributed by atoms with van der Waals surface area (Å²) >= 11 is 0. The summed E-state index contributed by atoms with van der Waals surface area (Å²) in [6.45, 7) is 3.12. The number of nitrogens with one attached hydrogen (secondary N) is 1. The fourth-order valence-corrected chi connectivity index (χ4v) is 2.14. The van der Waals surface area contributed by atoms with Crippen LogP contribution in [0.4, 0.5) is 0 Å². The second kappa shape index (κ2) is 5.58. The Balaban J connectivity index is 2.33. The summed E-state index contributed by atoms with van der Waals surface area (Å²) in [6.07, 6.45) is 4.74. The van der Waals surface area contributed by atoms with Gasteiger partial charge in [-0.1, -0.05) is 13.3 Å². The number of rotatable bonds is 5. The van der Waals surface area contributed by atoms with Crippen molar-refractivity contribution >= 4 is 0 Å². The SMILES string of the molecule is CC[C@@H](CO)NC1CCCC1CN. The molecule has 0 amide bonds. The Kier molecular flexibility index (Phi) is 4.70. The van der Waals surface area contributed by atoms with Crippen LogP contribution in [0, 0.1) is 5.92 Å².